The highest BCUT2D eigenvalue weighted by atomic mass is 32.2. The number of hydrogen-bond donors (Lipinski definition) is 1. The van der Waals surface area contributed by atoms with Crippen molar-refractivity contribution in [2.24, 2.45) is 5.92 Å². The van der Waals surface area contributed by atoms with Gasteiger partial charge in [-0.2, -0.15) is 13.2 Å². The third kappa shape index (κ3) is 4.34. The molecule has 0 bridgehead atoms. The summed E-state index contributed by atoms with van der Waals surface area (Å²) < 4.78 is 47.0. The molecule has 4 heterocycles. The molecule has 2 aliphatic rings. The van der Waals surface area contributed by atoms with E-state index in [1.165, 1.54) is 18.4 Å². The van der Waals surface area contributed by atoms with Crippen molar-refractivity contribution in [1.82, 2.24) is 4.57 Å². The number of fused-ring (bicyclic) bond motifs is 2. The van der Waals surface area contributed by atoms with Gasteiger partial charge in [0, 0.05) is 0 Å². The molecular weight excluding hydrogens is 567 g/mol. The van der Waals surface area contributed by atoms with E-state index in [1.54, 1.807) is 42.5 Å². The largest absolute Gasteiger partial charge is 0.469 e. The van der Waals surface area contributed by atoms with Gasteiger partial charge in [0.25, 0.3) is 0 Å². The number of carbonyl (C=O) groups is 3. The molecule has 1 N–H and O–H groups in total. The van der Waals surface area contributed by atoms with E-state index in [4.69, 9.17) is 4.42 Å². The molecule has 3 unspecified atom stereocenters. The number of thioether (sulfide) groups is 1. The van der Waals surface area contributed by atoms with Gasteiger partial charge in [-0.05, 0) is 36.4 Å². The van der Waals surface area contributed by atoms with Crippen molar-refractivity contribution >= 4 is 52.2 Å². The van der Waals surface area contributed by atoms with E-state index in [-0.39, 0.29) is 0 Å². The zero-order valence-electron chi connectivity index (χ0n) is 20.3. The number of halogens is 3. The van der Waals surface area contributed by atoms with Crippen LogP contribution in [0.15, 0.2) is 87.2 Å². The number of anilines is 2. The Morgan fingerprint density at radius 3 is 2.38 bits per heavy atom. The molecule has 8 nitrogen and oxygen atoms in total. The smallest absolute Gasteiger partial charge is 0.418 e. The normalized spacial score (nSPS) is 20.4. The Balaban J connectivity index is 1.37. The van der Waals surface area contributed by atoms with E-state index < -0.39 is 63.7 Å². The number of thiazole rings is 1. The van der Waals surface area contributed by atoms with Crippen LogP contribution in [0, 0.1) is 5.92 Å². The maximum atomic E-state index is 13.7. The van der Waals surface area contributed by atoms with Crippen molar-refractivity contribution in [3.05, 3.63) is 98.9 Å². The number of aromatic nitrogens is 1. The number of carbonyl (C=O) groups excluding carboxylic acids is 3. The molecule has 0 saturated carbocycles. The van der Waals surface area contributed by atoms with Gasteiger partial charge in [0.2, 0.25) is 17.7 Å². The quantitative estimate of drug-likeness (QED) is 0.333. The van der Waals surface area contributed by atoms with Crippen LogP contribution in [0.2, 0.25) is 0 Å². The lowest BCUT2D eigenvalue weighted by Crippen LogP contribution is -2.32. The SMILES string of the molecule is O=C(Cn1c2c(sc1=O)C(c1ccco1)C1C(=O)N(c3ccccc3)C(=O)C1S2)Nc1ccccc1C(F)(F)F. The predicted octanol–water partition coefficient (Wildman–Crippen LogP) is 4.96. The summed E-state index contributed by atoms with van der Waals surface area (Å²) in [6.45, 7) is -0.587. The molecule has 3 amide bonds. The van der Waals surface area contributed by atoms with Crippen molar-refractivity contribution in [2.45, 2.75) is 28.9 Å². The van der Waals surface area contributed by atoms with Gasteiger partial charge in [0.15, 0.2) is 0 Å². The summed E-state index contributed by atoms with van der Waals surface area (Å²) in [7, 11) is 0. The van der Waals surface area contributed by atoms with E-state index in [0.29, 0.717) is 21.4 Å². The second-order valence-electron chi connectivity index (χ2n) is 9.12. The van der Waals surface area contributed by atoms with Gasteiger partial charge in [-0.25, -0.2) is 4.90 Å². The molecule has 0 radical (unpaired) electrons. The highest BCUT2D eigenvalue weighted by Gasteiger charge is 2.57. The number of rotatable bonds is 5. The zero-order chi connectivity index (χ0) is 28.2. The molecular formula is C27H18F3N3O5S2. The van der Waals surface area contributed by atoms with Crippen LogP contribution in [0.25, 0.3) is 0 Å². The molecule has 1 saturated heterocycles. The summed E-state index contributed by atoms with van der Waals surface area (Å²) in [5.74, 6) is -3.01. The molecule has 1 fully saturated rings. The molecule has 2 aliphatic heterocycles. The zero-order valence-corrected chi connectivity index (χ0v) is 21.9. The molecule has 4 aromatic rings. The van der Waals surface area contributed by atoms with Gasteiger partial charge < -0.3 is 9.73 Å². The molecule has 0 aliphatic carbocycles. The Labute approximate surface area is 232 Å². The number of nitrogens with one attached hydrogen (secondary N) is 1. The topological polar surface area (TPSA) is 102 Å². The second kappa shape index (κ2) is 9.82. The van der Waals surface area contributed by atoms with Gasteiger partial charge in [0.05, 0.1) is 44.9 Å². The lowest BCUT2D eigenvalue weighted by Gasteiger charge is -2.29. The lowest BCUT2D eigenvalue weighted by molar-refractivity contribution is -0.137. The fraction of sp³-hybridized carbons (Fsp3) is 0.185. The minimum Gasteiger partial charge on any atom is -0.469 e. The molecule has 40 heavy (non-hydrogen) atoms. The monoisotopic (exact) mass is 585 g/mol. The molecule has 13 heteroatoms. The van der Waals surface area contributed by atoms with Crippen molar-refractivity contribution in [3.63, 3.8) is 0 Å². The number of amides is 3. The number of hydrogen-bond acceptors (Lipinski definition) is 7. The Morgan fingerprint density at radius 2 is 1.68 bits per heavy atom. The predicted molar refractivity (Wildman–Crippen MR) is 141 cm³/mol. The van der Waals surface area contributed by atoms with Crippen LogP contribution in [-0.2, 0) is 27.1 Å². The van der Waals surface area contributed by atoms with Gasteiger partial charge in [-0.1, -0.05) is 53.4 Å². The van der Waals surface area contributed by atoms with Gasteiger partial charge in [-0.15, -0.1) is 0 Å². The number of nitrogens with zero attached hydrogens (tertiary/aromatic N) is 2. The van der Waals surface area contributed by atoms with Crippen LogP contribution in [0.4, 0.5) is 24.5 Å². The summed E-state index contributed by atoms with van der Waals surface area (Å²) in [6.07, 6.45) is -3.27. The van der Waals surface area contributed by atoms with Crippen LogP contribution >= 0.6 is 23.1 Å². The van der Waals surface area contributed by atoms with E-state index in [0.717, 1.165) is 44.7 Å². The first-order valence-electron chi connectivity index (χ1n) is 12.0. The first kappa shape index (κ1) is 26.1. The number of imide groups is 1. The van der Waals surface area contributed by atoms with E-state index in [1.807, 2.05) is 0 Å². The average molecular weight is 586 g/mol. The van der Waals surface area contributed by atoms with Crippen LogP contribution in [0.5, 0.6) is 0 Å². The summed E-state index contributed by atoms with van der Waals surface area (Å²) in [5.41, 5.74) is -1.04. The molecule has 204 valence electrons. The summed E-state index contributed by atoms with van der Waals surface area (Å²) >= 11 is 1.81. The third-order valence-electron chi connectivity index (χ3n) is 6.72. The van der Waals surface area contributed by atoms with Crippen molar-refractivity contribution < 1.29 is 32.0 Å². The molecule has 6 rings (SSSR count). The fourth-order valence-corrected chi connectivity index (χ4v) is 7.79. The molecule has 0 spiro atoms. The van der Waals surface area contributed by atoms with Crippen LogP contribution < -0.4 is 15.1 Å². The second-order valence-corrected chi connectivity index (χ2v) is 11.2. The van der Waals surface area contributed by atoms with Crippen molar-refractivity contribution in [2.75, 3.05) is 10.2 Å². The van der Waals surface area contributed by atoms with Crippen LogP contribution in [0.1, 0.15) is 22.1 Å². The highest BCUT2D eigenvalue weighted by Crippen LogP contribution is 2.53. The average Bonchev–Trinajstić information content (AvgIpc) is 3.62. The van der Waals surface area contributed by atoms with E-state index >= 15 is 0 Å². The Kier molecular flexibility index (Phi) is 6.42. The van der Waals surface area contributed by atoms with Crippen LogP contribution in [-0.4, -0.2) is 27.5 Å². The highest BCUT2D eigenvalue weighted by molar-refractivity contribution is 8.00. The maximum Gasteiger partial charge on any atom is 0.418 e. The Bertz CT molecular complexity index is 1680. The van der Waals surface area contributed by atoms with Crippen molar-refractivity contribution in [3.8, 4) is 0 Å². The maximum absolute atomic E-state index is 13.7. The minimum atomic E-state index is -4.69. The fourth-order valence-electron chi connectivity index (χ4n) is 5.03. The Morgan fingerprint density at radius 1 is 0.950 bits per heavy atom. The van der Waals surface area contributed by atoms with Gasteiger partial charge in [0.1, 0.15) is 17.6 Å². The standard InChI is InChI=1S/C27H18F3N3O5S2/c28-27(29,30)15-9-4-5-10-16(15)31-18(34)13-32-25-22(40-26(32)37)19(17-11-6-12-38-17)20-21(39-25)24(36)33(23(20)35)14-7-2-1-3-8-14/h1-12,19-21H,13H2,(H,31,34). The third-order valence-corrected chi connectivity index (χ3v) is 9.33. The van der Waals surface area contributed by atoms with Crippen molar-refractivity contribution in [1.29, 1.82) is 0 Å². The number of para-hydroxylation sites is 2. The number of alkyl halides is 3. The summed E-state index contributed by atoms with van der Waals surface area (Å²) in [5, 5.41) is 1.63. The molecule has 2 aromatic carbocycles. The molecule has 2 aromatic heterocycles. The Hall–Kier alpha value is -4.10. The van der Waals surface area contributed by atoms with Crippen LogP contribution in [0.3, 0.4) is 0 Å². The number of benzene rings is 2. The summed E-state index contributed by atoms with van der Waals surface area (Å²) in [6, 6.07) is 16.3. The lowest BCUT2D eigenvalue weighted by atomic mass is 9.87. The van der Waals surface area contributed by atoms with E-state index in [9.17, 15) is 32.3 Å². The first-order chi connectivity index (χ1) is 19.1. The van der Waals surface area contributed by atoms with Gasteiger partial charge in [-0.3, -0.25) is 23.7 Å². The summed E-state index contributed by atoms with van der Waals surface area (Å²) in [4.78, 5) is 54.3. The molecule has 3 atom stereocenters. The van der Waals surface area contributed by atoms with Gasteiger partial charge >= 0.3 is 11.0 Å². The number of furan rings is 1. The minimum absolute atomic E-state index is 0.299. The first-order valence-corrected chi connectivity index (χ1v) is 13.7. The van der Waals surface area contributed by atoms with E-state index in [2.05, 4.69) is 5.32 Å².